The molecule has 3 amide bonds. The molecule has 0 radical (unpaired) electrons. The molecule has 0 aliphatic carbocycles. The fraction of sp³-hybridized carbons (Fsp3) is 0.769. The van der Waals surface area contributed by atoms with Gasteiger partial charge in [0.15, 0.2) is 0 Å². The van der Waals surface area contributed by atoms with Crippen molar-refractivity contribution in [1.82, 2.24) is 15.5 Å². The van der Waals surface area contributed by atoms with Crippen molar-refractivity contribution in [2.45, 2.75) is 46.1 Å². The second-order valence-electron chi connectivity index (χ2n) is 5.48. The molecular weight excluding hydrogens is 262 g/mol. The van der Waals surface area contributed by atoms with Gasteiger partial charge < -0.3 is 20.6 Å². The van der Waals surface area contributed by atoms with Crippen LogP contribution in [0, 0.1) is 0 Å². The van der Waals surface area contributed by atoms with E-state index in [-0.39, 0.29) is 25.4 Å². The molecule has 0 heterocycles. The van der Waals surface area contributed by atoms with Crippen molar-refractivity contribution >= 4 is 17.9 Å². The number of amides is 3. The predicted molar refractivity (Wildman–Crippen MR) is 75.4 cm³/mol. The molecule has 0 aromatic heterocycles. The van der Waals surface area contributed by atoms with Gasteiger partial charge in [0, 0.05) is 25.0 Å². The number of carboxylic acids is 1. The van der Waals surface area contributed by atoms with E-state index < -0.39 is 17.5 Å². The average Bonchev–Trinajstić information content (AvgIpc) is 2.31. The highest BCUT2D eigenvalue weighted by molar-refractivity contribution is 5.81. The number of rotatable bonds is 7. The molecule has 0 saturated heterocycles. The van der Waals surface area contributed by atoms with Gasteiger partial charge in [-0.1, -0.05) is 6.92 Å². The summed E-state index contributed by atoms with van der Waals surface area (Å²) >= 11 is 0. The maximum Gasteiger partial charge on any atom is 0.323 e. The third kappa shape index (κ3) is 7.60. The van der Waals surface area contributed by atoms with Gasteiger partial charge in [-0.2, -0.15) is 0 Å². The number of nitrogens with one attached hydrogen (secondary N) is 2. The van der Waals surface area contributed by atoms with E-state index in [2.05, 4.69) is 10.6 Å². The second kappa shape index (κ2) is 8.39. The topological polar surface area (TPSA) is 98.7 Å². The SMILES string of the molecule is CCCNC(=O)CCNC(=O)N(CC(=O)O)C(C)(C)C. The lowest BCUT2D eigenvalue weighted by Gasteiger charge is -2.34. The summed E-state index contributed by atoms with van der Waals surface area (Å²) in [5.41, 5.74) is -0.604. The summed E-state index contributed by atoms with van der Waals surface area (Å²) in [6.07, 6.45) is 1.03. The highest BCUT2D eigenvalue weighted by Gasteiger charge is 2.28. The molecule has 0 aliphatic rings. The van der Waals surface area contributed by atoms with Crippen molar-refractivity contribution in [3.63, 3.8) is 0 Å². The zero-order chi connectivity index (χ0) is 15.8. The van der Waals surface area contributed by atoms with Crippen molar-refractivity contribution < 1.29 is 19.5 Å². The van der Waals surface area contributed by atoms with Gasteiger partial charge in [0.05, 0.1) is 0 Å². The Labute approximate surface area is 119 Å². The third-order valence-electron chi connectivity index (χ3n) is 2.55. The van der Waals surface area contributed by atoms with E-state index in [0.717, 1.165) is 6.42 Å². The zero-order valence-corrected chi connectivity index (χ0v) is 12.7. The maximum absolute atomic E-state index is 11.9. The number of carbonyl (C=O) groups is 3. The van der Waals surface area contributed by atoms with Crippen molar-refractivity contribution in [3.05, 3.63) is 0 Å². The largest absolute Gasteiger partial charge is 0.480 e. The normalized spacial score (nSPS) is 10.8. The zero-order valence-electron chi connectivity index (χ0n) is 12.7. The molecule has 0 aromatic rings. The molecule has 0 spiro atoms. The molecule has 7 heteroatoms. The van der Waals surface area contributed by atoms with Gasteiger partial charge in [-0.25, -0.2) is 4.79 Å². The molecule has 0 aliphatic heterocycles. The number of carboxylic acid groups (broad SMARTS) is 1. The Morgan fingerprint density at radius 3 is 2.15 bits per heavy atom. The van der Waals surface area contributed by atoms with E-state index in [1.807, 2.05) is 6.92 Å². The van der Waals surface area contributed by atoms with Gasteiger partial charge in [-0.15, -0.1) is 0 Å². The molecule has 0 bridgehead atoms. The highest BCUT2D eigenvalue weighted by atomic mass is 16.4. The van der Waals surface area contributed by atoms with E-state index in [4.69, 9.17) is 5.11 Å². The summed E-state index contributed by atoms with van der Waals surface area (Å²) in [6.45, 7) is 7.63. The molecule has 0 unspecified atom stereocenters. The summed E-state index contributed by atoms with van der Waals surface area (Å²) in [5.74, 6) is -1.21. The van der Waals surface area contributed by atoms with Gasteiger partial charge in [-0.05, 0) is 27.2 Å². The van der Waals surface area contributed by atoms with Gasteiger partial charge >= 0.3 is 12.0 Å². The van der Waals surface area contributed by atoms with Crippen molar-refractivity contribution in [1.29, 1.82) is 0 Å². The third-order valence-corrected chi connectivity index (χ3v) is 2.55. The first kappa shape index (κ1) is 18.2. The van der Waals surface area contributed by atoms with Crippen LogP contribution in [0.4, 0.5) is 4.79 Å². The van der Waals surface area contributed by atoms with Crippen LogP contribution in [-0.4, -0.2) is 53.1 Å². The minimum atomic E-state index is -1.07. The smallest absolute Gasteiger partial charge is 0.323 e. The van der Waals surface area contributed by atoms with E-state index >= 15 is 0 Å². The predicted octanol–water partition coefficient (Wildman–Crippen LogP) is 0.797. The lowest BCUT2D eigenvalue weighted by molar-refractivity contribution is -0.138. The Morgan fingerprint density at radius 1 is 1.10 bits per heavy atom. The van der Waals surface area contributed by atoms with Crippen LogP contribution in [0.5, 0.6) is 0 Å². The van der Waals surface area contributed by atoms with E-state index in [9.17, 15) is 14.4 Å². The Bertz CT molecular complexity index is 350. The standard InChI is InChI=1S/C13H25N3O4/c1-5-7-14-10(17)6-8-15-12(20)16(9-11(18)19)13(2,3)4/h5-9H2,1-4H3,(H,14,17)(H,15,20)(H,18,19). The molecule has 0 aromatic carbocycles. The fourth-order valence-electron chi connectivity index (χ4n) is 1.48. The van der Waals surface area contributed by atoms with Crippen molar-refractivity contribution in [2.75, 3.05) is 19.6 Å². The molecule has 0 atom stereocenters. The number of hydrogen-bond acceptors (Lipinski definition) is 3. The Kier molecular flexibility index (Phi) is 7.64. The summed E-state index contributed by atoms with van der Waals surface area (Å²) in [7, 11) is 0. The summed E-state index contributed by atoms with van der Waals surface area (Å²) in [5, 5.41) is 14.1. The van der Waals surface area contributed by atoms with Crippen LogP contribution in [0.25, 0.3) is 0 Å². The highest BCUT2D eigenvalue weighted by Crippen LogP contribution is 2.12. The summed E-state index contributed by atoms with van der Waals surface area (Å²) in [4.78, 5) is 35.3. The van der Waals surface area contributed by atoms with Gasteiger partial charge in [-0.3, -0.25) is 9.59 Å². The Hall–Kier alpha value is -1.79. The minimum Gasteiger partial charge on any atom is -0.480 e. The first-order valence-electron chi connectivity index (χ1n) is 6.72. The number of carbonyl (C=O) groups excluding carboxylic acids is 2. The summed E-state index contributed by atoms with van der Waals surface area (Å²) < 4.78 is 0. The number of urea groups is 1. The van der Waals surface area contributed by atoms with Gasteiger partial charge in [0.25, 0.3) is 0 Å². The molecule has 7 nitrogen and oxygen atoms in total. The lowest BCUT2D eigenvalue weighted by Crippen LogP contribution is -2.52. The van der Waals surface area contributed by atoms with Crippen LogP contribution in [0.2, 0.25) is 0 Å². The molecular formula is C13H25N3O4. The quantitative estimate of drug-likeness (QED) is 0.645. The van der Waals surface area contributed by atoms with Crippen LogP contribution < -0.4 is 10.6 Å². The van der Waals surface area contributed by atoms with Gasteiger partial charge in [0.1, 0.15) is 6.54 Å². The fourth-order valence-corrected chi connectivity index (χ4v) is 1.48. The Morgan fingerprint density at radius 2 is 1.70 bits per heavy atom. The van der Waals surface area contributed by atoms with Crippen molar-refractivity contribution in [3.8, 4) is 0 Å². The van der Waals surface area contributed by atoms with Gasteiger partial charge in [0.2, 0.25) is 5.91 Å². The van der Waals surface area contributed by atoms with E-state index in [1.165, 1.54) is 4.90 Å². The molecule has 0 saturated carbocycles. The maximum atomic E-state index is 11.9. The van der Waals surface area contributed by atoms with E-state index in [1.54, 1.807) is 20.8 Å². The average molecular weight is 287 g/mol. The van der Waals surface area contributed by atoms with Crippen LogP contribution >= 0.6 is 0 Å². The number of aliphatic carboxylic acids is 1. The van der Waals surface area contributed by atoms with Crippen LogP contribution in [0.3, 0.4) is 0 Å². The molecule has 116 valence electrons. The molecule has 0 rings (SSSR count). The van der Waals surface area contributed by atoms with Crippen molar-refractivity contribution in [2.24, 2.45) is 0 Å². The van der Waals surface area contributed by atoms with Crippen LogP contribution in [-0.2, 0) is 9.59 Å². The minimum absolute atomic E-state index is 0.132. The number of nitrogens with zero attached hydrogens (tertiary/aromatic N) is 1. The number of hydrogen-bond donors (Lipinski definition) is 3. The monoisotopic (exact) mass is 287 g/mol. The van der Waals surface area contributed by atoms with Crippen LogP contribution in [0.15, 0.2) is 0 Å². The van der Waals surface area contributed by atoms with Crippen LogP contribution in [0.1, 0.15) is 40.5 Å². The first-order valence-corrected chi connectivity index (χ1v) is 6.72. The molecule has 20 heavy (non-hydrogen) atoms. The Balaban J connectivity index is 4.27. The van der Waals surface area contributed by atoms with E-state index in [0.29, 0.717) is 6.54 Å². The molecule has 3 N–H and O–H groups in total. The molecule has 0 fully saturated rings. The second-order valence-corrected chi connectivity index (χ2v) is 5.48. The first-order chi connectivity index (χ1) is 9.18. The lowest BCUT2D eigenvalue weighted by atomic mass is 10.1. The summed E-state index contributed by atoms with van der Waals surface area (Å²) in [6, 6.07) is -0.483.